The molecule has 17 heavy (non-hydrogen) atoms. The van der Waals surface area contributed by atoms with Crippen molar-refractivity contribution >= 4 is 0 Å². The molecular formula is C14H23NO2. The molecule has 1 rings (SSSR count). The van der Waals surface area contributed by atoms with Crippen LogP contribution in [-0.2, 0) is 6.42 Å². The number of hydrogen-bond donors (Lipinski definition) is 2. The molecular weight excluding hydrogens is 214 g/mol. The molecule has 0 aliphatic heterocycles. The Hall–Kier alpha value is -1.06. The van der Waals surface area contributed by atoms with Crippen LogP contribution in [0.5, 0.6) is 5.75 Å². The van der Waals surface area contributed by atoms with Gasteiger partial charge in [0.25, 0.3) is 0 Å². The minimum Gasteiger partial charge on any atom is -0.496 e. The van der Waals surface area contributed by atoms with Crippen LogP contribution in [0.2, 0.25) is 0 Å². The molecule has 0 spiro atoms. The van der Waals surface area contributed by atoms with E-state index in [-0.39, 0.29) is 6.10 Å². The van der Waals surface area contributed by atoms with Crippen LogP contribution in [0, 0.1) is 13.8 Å². The van der Waals surface area contributed by atoms with Gasteiger partial charge >= 0.3 is 0 Å². The van der Waals surface area contributed by atoms with E-state index in [1.807, 2.05) is 0 Å². The summed E-state index contributed by atoms with van der Waals surface area (Å²) >= 11 is 0. The summed E-state index contributed by atoms with van der Waals surface area (Å²) < 4.78 is 5.38. The third-order valence-electron chi connectivity index (χ3n) is 2.91. The normalized spacial score (nSPS) is 12.5. The second-order valence-corrected chi connectivity index (χ2v) is 4.55. The van der Waals surface area contributed by atoms with Crippen molar-refractivity contribution in [3.05, 3.63) is 28.8 Å². The van der Waals surface area contributed by atoms with E-state index in [1.54, 1.807) is 14.0 Å². The zero-order chi connectivity index (χ0) is 12.8. The zero-order valence-corrected chi connectivity index (χ0v) is 11.2. The Balaban J connectivity index is 2.60. The lowest BCUT2D eigenvalue weighted by atomic mass is 10.0. The average Bonchev–Trinajstić information content (AvgIpc) is 2.28. The van der Waals surface area contributed by atoms with Crippen molar-refractivity contribution in [2.45, 2.75) is 33.3 Å². The number of methoxy groups -OCH3 is 1. The largest absolute Gasteiger partial charge is 0.496 e. The Morgan fingerprint density at radius 2 is 1.94 bits per heavy atom. The van der Waals surface area contributed by atoms with Gasteiger partial charge in [-0.05, 0) is 56.5 Å². The van der Waals surface area contributed by atoms with Crippen LogP contribution in [0.15, 0.2) is 12.1 Å². The molecule has 0 bridgehead atoms. The summed E-state index contributed by atoms with van der Waals surface area (Å²) in [6.45, 7) is 7.47. The summed E-state index contributed by atoms with van der Waals surface area (Å²) in [6, 6.07) is 4.26. The SMILES string of the molecule is COc1cc(C)c(C)cc1CCNCC(C)O. The van der Waals surface area contributed by atoms with Crippen LogP contribution in [0.25, 0.3) is 0 Å². The van der Waals surface area contributed by atoms with Gasteiger partial charge in [0.1, 0.15) is 5.75 Å². The molecule has 1 aromatic carbocycles. The van der Waals surface area contributed by atoms with Gasteiger partial charge in [0, 0.05) is 6.54 Å². The van der Waals surface area contributed by atoms with Crippen molar-refractivity contribution in [2.24, 2.45) is 0 Å². The molecule has 1 unspecified atom stereocenters. The molecule has 0 fully saturated rings. The predicted octanol–water partition coefficient (Wildman–Crippen LogP) is 1.82. The number of ether oxygens (including phenoxy) is 1. The summed E-state index contributed by atoms with van der Waals surface area (Å²) in [7, 11) is 1.71. The molecule has 0 radical (unpaired) electrons. The van der Waals surface area contributed by atoms with Gasteiger partial charge in [-0.3, -0.25) is 0 Å². The molecule has 0 heterocycles. The minimum absolute atomic E-state index is 0.295. The van der Waals surface area contributed by atoms with Crippen LogP contribution >= 0.6 is 0 Å². The Kier molecular flexibility index (Phi) is 5.45. The Morgan fingerprint density at radius 1 is 1.29 bits per heavy atom. The van der Waals surface area contributed by atoms with E-state index in [9.17, 15) is 0 Å². The van der Waals surface area contributed by atoms with E-state index in [1.165, 1.54) is 16.7 Å². The van der Waals surface area contributed by atoms with Crippen LogP contribution in [0.3, 0.4) is 0 Å². The molecule has 0 aromatic heterocycles. The molecule has 2 N–H and O–H groups in total. The second kappa shape index (κ2) is 6.62. The Labute approximate surface area is 104 Å². The van der Waals surface area contributed by atoms with Gasteiger partial charge in [0.2, 0.25) is 0 Å². The van der Waals surface area contributed by atoms with Gasteiger partial charge in [-0.1, -0.05) is 6.07 Å². The van der Waals surface area contributed by atoms with Crippen molar-refractivity contribution in [3.8, 4) is 5.75 Å². The lowest BCUT2D eigenvalue weighted by Crippen LogP contribution is -2.26. The fourth-order valence-corrected chi connectivity index (χ4v) is 1.77. The second-order valence-electron chi connectivity index (χ2n) is 4.55. The summed E-state index contributed by atoms with van der Waals surface area (Å²) in [6.07, 6.45) is 0.619. The monoisotopic (exact) mass is 237 g/mol. The topological polar surface area (TPSA) is 41.5 Å². The summed E-state index contributed by atoms with van der Waals surface area (Å²) in [5, 5.41) is 12.4. The van der Waals surface area contributed by atoms with Crippen LogP contribution in [-0.4, -0.2) is 31.4 Å². The highest BCUT2D eigenvalue weighted by Gasteiger charge is 2.05. The van der Waals surface area contributed by atoms with Crippen LogP contribution < -0.4 is 10.1 Å². The fraction of sp³-hybridized carbons (Fsp3) is 0.571. The summed E-state index contributed by atoms with van der Waals surface area (Å²) in [5.41, 5.74) is 3.76. The number of benzene rings is 1. The first kappa shape index (κ1) is 14.0. The highest BCUT2D eigenvalue weighted by atomic mass is 16.5. The number of nitrogens with one attached hydrogen (secondary N) is 1. The maximum Gasteiger partial charge on any atom is 0.122 e. The number of rotatable bonds is 6. The van der Waals surface area contributed by atoms with Gasteiger partial charge in [0.15, 0.2) is 0 Å². The minimum atomic E-state index is -0.295. The van der Waals surface area contributed by atoms with Crippen molar-refractivity contribution in [1.82, 2.24) is 5.32 Å². The first-order valence-corrected chi connectivity index (χ1v) is 6.07. The van der Waals surface area contributed by atoms with E-state index in [2.05, 4.69) is 31.3 Å². The molecule has 0 amide bonds. The third kappa shape index (κ3) is 4.36. The van der Waals surface area contributed by atoms with Crippen molar-refractivity contribution < 1.29 is 9.84 Å². The van der Waals surface area contributed by atoms with Gasteiger partial charge in [-0.15, -0.1) is 0 Å². The molecule has 0 aliphatic carbocycles. The molecule has 0 aliphatic rings. The van der Waals surface area contributed by atoms with Crippen molar-refractivity contribution in [3.63, 3.8) is 0 Å². The van der Waals surface area contributed by atoms with Crippen LogP contribution in [0.4, 0.5) is 0 Å². The van der Waals surface area contributed by atoms with Gasteiger partial charge < -0.3 is 15.2 Å². The van der Waals surface area contributed by atoms with Gasteiger partial charge in [-0.2, -0.15) is 0 Å². The Bertz CT molecular complexity index is 361. The number of aliphatic hydroxyl groups excluding tert-OH is 1. The highest BCUT2D eigenvalue weighted by molar-refractivity contribution is 5.41. The van der Waals surface area contributed by atoms with Crippen molar-refractivity contribution in [2.75, 3.05) is 20.2 Å². The lowest BCUT2D eigenvalue weighted by molar-refractivity contribution is 0.191. The Morgan fingerprint density at radius 3 is 2.53 bits per heavy atom. The van der Waals surface area contributed by atoms with E-state index in [4.69, 9.17) is 9.84 Å². The molecule has 3 nitrogen and oxygen atoms in total. The molecule has 3 heteroatoms. The predicted molar refractivity (Wildman–Crippen MR) is 70.7 cm³/mol. The average molecular weight is 237 g/mol. The first-order chi connectivity index (χ1) is 8.04. The van der Waals surface area contributed by atoms with Gasteiger partial charge in [0.05, 0.1) is 13.2 Å². The van der Waals surface area contributed by atoms with E-state index in [0.717, 1.165) is 18.7 Å². The highest BCUT2D eigenvalue weighted by Crippen LogP contribution is 2.23. The quantitative estimate of drug-likeness (QED) is 0.742. The molecule has 1 aromatic rings. The lowest BCUT2D eigenvalue weighted by Gasteiger charge is -2.12. The number of aliphatic hydroxyl groups is 1. The maximum atomic E-state index is 9.14. The number of hydrogen-bond acceptors (Lipinski definition) is 3. The van der Waals surface area contributed by atoms with Gasteiger partial charge in [-0.25, -0.2) is 0 Å². The summed E-state index contributed by atoms with van der Waals surface area (Å²) in [5.74, 6) is 0.951. The standard InChI is InChI=1S/C14H23NO2/c1-10-7-13(5-6-15-9-12(3)16)14(17-4)8-11(10)2/h7-8,12,15-16H,5-6,9H2,1-4H3. The molecule has 0 saturated heterocycles. The molecule has 96 valence electrons. The maximum absolute atomic E-state index is 9.14. The zero-order valence-electron chi connectivity index (χ0n) is 11.2. The third-order valence-corrected chi connectivity index (χ3v) is 2.91. The smallest absolute Gasteiger partial charge is 0.122 e. The first-order valence-electron chi connectivity index (χ1n) is 6.07. The molecule has 0 saturated carbocycles. The molecule has 1 atom stereocenters. The van der Waals surface area contributed by atoms with Crippen LogP contribution in [0.1, 0.15) is 23.6 Å². The van der Waals surface area contributed by atoms with Crippen molar-refractivity contribution in [1.29, 1.82) is 0 Å². The van der Waals surface area contributed by atoms with E-state index in [0.29, 0.717) is 6.54 Å². The van der Waals surface area contributed by atoms with E-state index >= 15 is 0 Å². The number of aryl methyl sites for hydroxylation is 2. The van der Waals surface area contributed by atoms with E-state index < -0.39 is 0 Å². The summed E-state index contributed by atoms with van der Waals surface area (Å²) in [4.78, 5) is 0. The fourth-order valence-electron chi connectivity index (χ4n) is 1.77.